The lowest BCUT2D eigenvalue weighted by Crippen LogP contribution is -2.32. The van der Waals surface area contributed by atoms with Gasteiger partial charge >= 0.3 is 0 Å². The van der Waals surface area contributed by atoms with Crippen LogP contribution in [0, 0.1) is 17.8 Å². The minimum absolute atomic E-state index is 0.407. The van der Waals surface area contributed by atoms with Gasteiger partial charge in [-0.05, 0) is 17.7 Å². The van der Waals surface area contributed by atoms with Gasteiger partial charge in [0.2, 0.25) is 0 Å². The van der Waals surface area contributed by atoms with Gasteiger partial charge in [0, 0.05) is 5.41 Å². The Balaban J connectivity index is 2.44. The smallest absolute Gasteiger partial charge is 0.121 e. The molecule has 0 saturated heterocycles. The molecule has 0 spiro atoms. The molecule has 0 aliphatic heterocycles. The molecule has 0 aliphatic rings. The molecular formula is C15H20O3. The molecule has 0 radical (unpaired) electrons. The third-order valence-electron chi connectivity index (χ3n) is 2.80. The second kappa shape index (κ2) is 6.44. The first-order valence-electron chi connectivity index (χ1n) is 5.84. The molecule has 1 aromatic rings. The number of methoxy groups -OCH3 is 1. The molecule has 0 amide bonds. The Morgan fingerprint density at radius 2 is 1.94 bits per heavy atom. The highest BCUT2D eigenvalue weighted by atomic mass is 16.5. The van der Waals surface area contributed by atoms with Gasteiger partial charge in [0.1, 0.15) is 11.9 Å². The molecule has 3 heteroatoms. The summed E-state index contributed by atoms with van der Waals surface area (Å²) in [6, 6.07) is 7.67. The molecule has 1 rings (SSSR count). The highest BCUT2D eigenvalue weighted by Crippen LogP contribution is 2.21. The van der Waals surface area contributed by atoms with E-state index in [1.807, 2.05) is 38.1 Å². The number of benzene rings is 1. The Morgan fingerprint density at radius 1 is 1.33 bits per heavy atom. The lowest BCUT2D eigenvalue weighted by Gasteiger charge is -2.26. The molecule has 0 saturated carbocycles. The van der Waals surface area contributed by atoms with Gasteiger partial charge in [0.05, 0.1) is 20.3 Å². The topological polar surface area (TPSA) is 38.7 Å². The predicted molar refractivity (Wildman–Crippen MR) is 71.3 cm³/mol. The molecular weight excluding hydrogens is 228 g/mol. The molecule has 0 aromatic heterocycles. The zero-order valence-electron chi connectivity index (χ0n) is 11.1. The highest BCUT2D eigenvalue weighted by Gasteiger charge is 2.26. The number of rotatable bonds is 6. The fourth-order valence-electron chi connectivity index (χ4n) is 1.46. The van der Waals surface area contributed by atoms with E-state index in [4.69, 9.17) is 15.9 Å². The van der Waals surface area contributed by atoms with Crippen LogP contribution in [0.15, 0.2) is 24.3 Å². The first-order valence-corrected chi connectivity index (χ1v) is 5.84. The van der Waals surface area contributed by atoms with Crippen LogP contribution < -0.4 is 4.74 Å². The third-order valence-corrected chi connectivity index (χ3v) is 2.80. The molecule has 0 bridgehead atoms. The summed E-state index contributed by atoms with van der Waals surface area (Å²) in [5.74, 6) is 3.15. The van der Waals surface area contributed by atoms with Gasteiger partial charge in [-0.2, -0.15) is 0 Å². The maximum Gasteiger partial charge on any atom is 0.121 e. The molecule has 98 valence electrons. The van der Waals surface area contributed by atoms with Crippen molar-refractivity contribution < 1.29 is 14.6 Å². The van der Waals surface area contributed by atoms with Gasteiger partial charge in [-0.1, -0.05) is 31.9 Å². The van der Waals surface area contributed by atoms with Crippen LogP contribution in [-0.4, -0.2) is 24.9 Å². The van der Waals surface area contributed by atoms with E-state index in [9.17, 15) is 5.11 Å². The maximum atomic E-state index is 9.62. The fourth-order valence-corrected chi connectivity index (χ4v) is 1.46. The molecule has 0 heterocycles. The summed E-state index contributed by atoms with van der Waals surface area (Å²) in [5, 5.41) is 9.62. The summed E-state index contributed by atoms with van der Waals surface area (Å²) in [6.45, 7) is 4.66. The molecule has 1 atom stereocenters. The first-order chi connectivity index (χ1) is 8.49. The lowest BCUT2D eigenvalue weighted by molar-refractivity contribution is -0.00492. The van der Waals surface area contributed by atoms with E-state index in [0.717, 1.165) is 11.3 Å². The molecule has 1 N–H and O–H groups in total. The number of ether oxygens (including phenoxy) is 2. The van der Waals surface area contributed by atoms with Crippen molar-refractivity contribution in [1.82, 2.24) is 0 Å². The first kappa shape index (κ1) is 14.6. The zero-order valence-corrected chi connectivity index (χ0v) is 11.1. The van der Waals surface area contributed by atoms with E-state index in [2.05, 4.69) is 5.92 Å². The van der Waals surface area contributed by atoms with Crippen molar-refractivity contribution in [3.63, 3.8) is 0 Å². The predicted octanol–water partition coefficient (Wildman–Crippen LogP) is 2.23. The SMILES string of the molecule is C#CC(O)C(C)(C)COCc1ccc(OC)cc1. The van der Waals surface area contributed by atoms with E-state index in [-0.39, 0.29) is 0 Å². The van der Waals surface area contributed by atoms with Crippen LogP contribution in [0.5, 0.6) is 5.75 Å². The largest absolute Gasteiger partial charge is 0.497 e. The Hall–Kier alpha value is -1.50. The van der Waals surface area contributed by atoms with Crippen LogP contribution in [0.3, 0.4) is 0 Å². The van der Waals surface area contributed by atoms with E-state index in [1.54, 1.807) is 7.11 Å². The fraction of sp³-hybridized carbons (Fsp3) is 0.467. The van der Waals surface area contributed by atoms with Crippen molar-refractivity contribution in [2.24, 2.45) is 5.41 Å². The van der Waals surface area contributed by atoms with Gasteiger partial charge < -0.3 is 14.6 Å². The Morgan fingerprint density at radius 3 is 2.44 bits per heavy atom. The van der Waals surface area contributed by atoms with Crippen LogP contribution in [0.4, 0.5) is 0 Å². The average molecular weight is 248 g/mol. The molecule has 3 nitrogen and oxygen atoms in total. The van der Waals surface area contributed by atoms with Crippen LogP contribution in [0.25, 0.3) is 0 Å². The second-order valence-corrected chi connectivity index (χ2v) is 4.90. The van der Waals surface area contributed by atoms with Crippen molar-refractivity contribution in [2.75, 3.05) is 13.7 Å². The normalized spacial score (nSPS) is 12.8. The third kappa shape index (κ3) is 4.06. The summed E-state index contributed by atoms with van der Waals surface area (Å²) >= 11 is 0. The number of aliphatic hydroxyl groups excluding tert-OH is 1. The van der Waals surface area contributed by atoms with E-state index in [0.29, 0.717) is 13.2 Å². The van der Waals surface area contributed by atoms with Gasteiger partial charge in [0.15, 0.2) is 0 Å². The number of terminal acetylenes is 1. The van der Waals surface area contributed by atoms with Gasteiger partial charge in [-0.15, -0.1) is 6.42 Å². The van der Waals surface area contributed by atoms with E-state index in [1.165, 1.54) is 0 Å². The standard InChI is InChI=1S/C15H20O3/c1-5-14(16)15(2,3)11-18-10-12-6-8-13(17-4)9-7-12/h1,6-9,14,16H,10-11H2,2-4H3. The maximum absolute atomic E-state index is 9.62. The van der Waals surface area contributed by atoms with Crippen LogP contribution in [-0.2, 0) is 11.3 Å². The van der Waals surface area contributed by atoms with Crippen molar-refractivity contribution >= 4 is 0 Å². The summed E-state index contributed by atoms with van der Waals surface area (Å²) in [4.78, 5) is 0. The molecule has 18 heavy (non-hydrogen) atoms. The van der Waals surface area contributed by atoms with Crippen molar-refractivity contribution in [3.8, 4) is 18.1 Å². The second-order valence-electron chi connectivity index (χ2n) is 4.90. The van der Waals surface area contributed by atoms with Crippen molar-refractivity contribution in [1.29, 1.82) is 0 Å². The Bertz CT molecular complexity index is 401. The lowest BCUT2D eigenvalue weighted by atomic mass is 9.88. The highest BCUT2D eigenvalue weighted by molar-refractivity contribution is 5.26. The van der Waals surface area contributed by atoms with Crippen molar-refractivity contribution in [2.45, 2.75) is 26.6 Å². The molecule has 0 aliphatic carbocycles. The molecule has 1 aromatic carbocycles. The van der Waals surface area contributed by atoms with E-state index < -0.39 is 11.5 Å². The van der Waals surface area contributed by atoms with Crippen molar-refractivity contribution in [3.05, 3.63) is 29.8 Å². The minimum atomic E-state index is -0.798. The quantitative estimate of drug-likeness (QED) is 0.785. The zero-order chi connectivity index (χ0) is 13.6. The average Bonchev–Trinajstić information content (AvgIpc) is 2.38. The Labute approximate surface area is 109 Å². The molecule has 1 unspecified atom stereocenters. The van der Waals surface area contributed by atoms with Gasteiger partial charge in [-0.3, -0.25) is 0 Å². The number of aliphatic hydroxyl groups is 1. The summed E-state index contributed by atoms with van der Waals surface area (Å²) in [5.41, 5.74) is 0.614. The Kier molecular flexibility index (Phi) is 5.21. The van der Waals surface area contributed by atoms with Crippen LogP contribution in [0.2, 0.25) is 0 Å². The van der Waals surface area contributed by atoms with E-state index >= 15 is 0 Å². The minimum Gasteiger partial charge on any atom is -0.497 e. The summed E-state index contributed by atoms with van der Waals surface area (Å²) in [6.07, 6.45) is 4.41. The van der Waals surface area contributed by atoms with Gasteiger partial charge in [0.25, 0.3) is 0 Å². The number of hydrogen-bond acceptors (Lipinski definition) is 3. The van der Waals surface area contributed by atoms with Crippen LogP contribution in [0.1, 0.15) is 19.4 Å². The molecule has 0 fully saturated rings. The summed E-state index contributed by atoms with van der Waals surface area (Å²) < 4.78 is 10.7. The van der Waals surface area contributed by atoms with Gasteiger partial charge in [-0.25, -0.2) is 0 Å². The number of hydrogen-bond donors (Lipinski definition) is 1. The monoisotopic (exact) mass is 248 g/mol. The van der Waals surface area contributed by atoms with Crippen LogP contribution >= 0.6 is 0 Å². The summed E-state index contributed by atoms with van der Waals surface area (Å²) in [7, 11) is 1.63.